The Hall–Kier alpha value is -0.930. The fourth-order valence-electron chi connectivity index (χ4n) is 2.36. The Labute approximate surface area is 118 Å². The average molecular weight is 263 g/mol. The van der Waals surface area contributed by atoms with Gasteiger partial charge < -0.3 is 10.2 Å². The highest BCUT2D eigenvalue weighted by Gasteiger charge is 2.26. The zero-order chi connectivity index (χ0) is 14.3. The SMILES string of the molecule is CCNC(C)C(C)(C)CN(C)CCc1ccncc1. The second-order valence-electron chi connectivity index (χ2n) is 6.11. The van der Waals surface area contributed by atoms with Crippen molar-refractivity contribution in [3.8, 4) is 0 Å². The van der Waals surface area contributed by atoms with Crippen LogP contribution in [0, 0.1) is 5.41 Å². The number of likely N-dealkylation sites (N-methyl/N-ethyl adjacent to an activating group) is 1. The lowest BCUT2D eigenvalue weighted by Gasteiger charge is -2.36. The van der Waals surface area contributed by atoms with Crippen molar-refractivity contribution in [1.82, 2.24) is 15.2 Å². The topological polar surface area (TPSA) is 28.2 Å². The minimum atomic E-state index is 0.281. The van der Waals surface area contributed by atoms with Crippen LogP contribution in [0.5, 0.6) is 0 Å². The van der Waals surface area contributed by atoms with Gasteiger partial charge in [-0.2, -0.15) is 0 Å². The second-order valence-corrected chi connectivity index (χ2v) is 6.11. The van der Waals surface area contributed by atoms with Crippen molar-refractivity contribution in [3.05, 3.63) is 30.1 Å². The standard InChI is InChI=1S/C16H29N3/c1-6-18-14(2)16(3,4)13-19(5)12-9-15-7-10-17-11-8-15/h7-8,10-11,14,18H,6,9,12-13H2,1-5H3. The van der Waals surface area contributed by atoms with Crippen molar-refractivity contribution in [2.45, 2.75) is 40.2 Å². The number of nitrogens with one attached hydrogen (secondary N) is 1. The van der Waals surface area contributed by atoms with E-state index in [0.717, 1.165) is 26.1 Å². The van der Waals surface area contributed by atoms with E-state index in [1.807, 2.05) is 12.4 Å². The number of hydrogen-bond acceptors (Lipinski definition) is 3. The summed E-state index contributed by atoms with van der Waals surface area (Å²) in [4.78, 5) is 6.48. The van der Waals surface area contributed by atoms with Crippen LogP contribution >= 0.6 is 0 Å². The maximum absolute atomic E-state index is 4.05. The van der Waals surface area contributed by atoms with Crippen molar-refractivity contribution in [2.75, 3.05) is 26.7 Å². The van der Waals surface area contributed by atoms with Crippen molar-refractivity contribution in [1.29, 1.82) is 0 Å². The minimum Gasteiger partial charge on any atom is -0.314 e. The van der Waals surface area contributed by atoms with E-state index in [1.54, 1.807) is 0 Å². The summed E-state index contributed by atoms with van der Waals surface area (Å²) >= 11 is 0. The Morgan fingerprint density at radius 2 is 1.95 bits per heavy atom. The molecule has 108 valence electrons. The van der Waals surface area contributed by atoms with Gasteiger partial charge in [-0.15, -0.1) is 0 Å². The number of hydrogen-bond donors (Lipinski definition) is 1. The quantitative estimate of drug-likeness (QED) is 0.781. The molecule has 1 aromatic rings. The van der Waals surface area contributed by atoms with Crippen molar-refractivity contribution in [3.63, 3.8) is 0 Å². The number of pyridine rings is 1. The molecule has 0 saturated heterocycles. The first kappa shape index (κ1) is 16.1. The molecule has 3 nitrogen and oxygen atoms in total. The zero-order valence-corrected chi connectivity index (χ0v) is 13.1. The van der Waals surface area contributed by atoms with Crippen LogP contribution in [0.15, 0.2) is 24.5 Å². The first-order valence-electron chi connectivity index (χ1n) is 7.26. The number of rotatable bonds is 8. The molecular weight excluding hydrogens is 234 g/mol. The molecule has 1 N–H and O–H groups in total. The van der Waals surface area contributed by atoms with Gasteiger partial charge in [0.15, 0.2) is 0 Å². The highest BCUT2D eigenvalue weighted by Crippen LogP contribution is 2.21. The normalized spacial score (nSPS) is 13.8. The lowest BCUT2D eigenvalue weighted by molar-refractivity contribution is 0.166. The fourth-order valence-corrected chi connectivity index (χ4v) is 2.36. The van der Waals surface area contributed by atoms with E-state index in [-0.39, 0.29) is 5.41 Å². The summed E-state index contributed by atoms with van der Waals surface area (Å²) in [5.41, 5.74) is 1.64. The highest BCUT2D eigenvalue weighted by molar-refractivity contribution is 5.09. The van der Waals surface area contributed by atoms with Crippen LogP contribution in [0.4, 0.5) is 0 Å². The number of nitrogens with zero attached hydrogens (tertiary/aromatic N) is 2. The summed E-state index contributed by atoms with van der Waals surface area (Å²) in [6.07, 6.45) is 4.82. The third kappa shape index (κ3) is 5.70. The molecule has 0 spiro atoms. The molecule has 3 heteroatoms. The van der Waals surface area contributed by atoms with Crippen LogP contribution in [0.25, 0.3) is 0 Å². The van der Waals surface area contributed by atoms with Crippen LogP contribution in [-0.2, 0) is 6.42 Å². The van der Waals surface area contributed by atoms with E-state index < -0.39 is 0 Å². The van der Waals surface area contributed by atoms with Gasteiger partial charge in [-0.3, -0.25) is 4.98 Å². The molecule has 0 bridgehead atoms. The lowest BCUT2D eigenvalue weighted by atomic mass is 9.84. The van der Waals surface area contributed by atoms with Crippen molar-refractivity contribution < 1.29 is 0 Å². The fraction of sp³-hybridized carbons (Fsp3) is 0.688. The predicted molar refractivity (Wildman–Crippen MR) is 82.4 cm³/mol. The van der Waals surface area contributed by atoms with Crippen molar-refractivity contribution >= 4 is 0 Å². The molecular formula is C16H29N3. The molecule has 0 aliphatic carbocycles. The maximum atomic E-state index is 4.05. The van der Waals surface area contributed by atoms with Gasteiger partial charge in [0.1, 0.15) is 0 Å². The van der Waals surface area contributed by atoms with E-state index in [2.05, 4.69) is 62.1 Å². The zero-order valence-electron chi connectivity index (χ0n) is 13.1. The third-order valence-electron chi connectivity index (χ3n) is 3.89. The molecule has 0 saturated carbocycles. The van der Waals surface area contributed by atoms with E-state index >= 15 is 0 Å². The lowest BCUT2D eigenvalue weighted by Crippen LogP contribution is -2.46. The van der Waals surface area contributed by atoms with Gasteiger partial charge in [-0.05, 0) is 50.0 Å². The van der Waals surface area contributed by atoms with Crippen LogP contribution in [0.1, 0.15) is 33.3 Å². The van der Waals surface area contributed by atoms with Crippen LogP contribution in [-0.4, -0.2) is 42.6 Å². The molecule has 1 unspecified atom stereocenters. The summed E-state index contributed by atoms with van der Waals surface area (Å²) in [7, 11) is 2.21. The molecule has 0 fully saturated rings. The molecule has 0 aliphatic heterocycles. The Balaban J connectivity index is 2.40. The predicted octanol–water partition coefficient (Wildman–Crippen LogP) is 2.58. The molecule has 0 amide bonds. The van der Waals surface area contributed by atoms with Gasteiger partial charge in [-0.25, -0.2) is 0 Å². The van der Waals surface area contributed by atoms with Gasteiger partial charge in [0, 0.05) is 31.5 Å². The van der Waals surface area contributed by atoms with Crippen LogP contribution in [0.3, 0.4) is 0 Å². The Morgan fingerprint density at radius 3 is 2.53 bits per heavy atom. The Kier molecular flexibility index (Phi) is 6.46. The minimum absolute atomic E-state index is 0.281. The van der Waals surface area contributed by atoms with E-state index in [4.69, 9.17) is 0 Å². The van der Waals surface area contributed by atoms with Gasteiger partial charge >= 0.3 is 0 Å². The van der Waals surface area contributed by atoms with E-state index in [1.165, 1.54) is 5.56 Å². The molecule has 1 atom stereocenters. The first-order chi connectivity index (χ1) is 8.95. The van der Waals surface area contributed by atoms with Gasteiger partial charge in [0.25, 0.3) is 0 Å². The molecule has 0 radical (unpaired) electrons. The summed E-state index contributed by atoms with van der Waals surface area (Å²) < 4.78 is 0. The van der Waals surface area contributed by atoms with Gasteiger partial charge in [0.2, 0.25) is 0 Å². The summed E-state index contributed by atoms with van der Waals surface area (Å²) in [6, 6.07) is 4.72. The largest absolute Gasteiger partial charge is 0.314 e. The molecule has 1 heterocycles. The first-order valence-corrected chi connectivity index (χ1v) is 7.26. The maximum Gasteiger partial charge on any atom is 0.0270 e. The van der Waals surface area contributed by atoms with E-state index in [0.29, 0.717) is 6.04 Å². The Morgan fingerprint density at radius 1 is 1.32 bits per heavy atom. The third-order valence-corrected chi connectivity index (χ3v) is 3.89. The molecule has 1 aromatic heterocycles. The van der Waals surface area contributed by atoms with Crippen molar-refractivity contribution in [2.24, 2.45) is 5.41 Å². The summed E-state index contributed by atoms with van der Waals surface area (Å²) in [5, 5.41) is 3.53. The van der Waals surface area contributed by atoms with Crippen LogP contribution in [0.2, 0.25) is 0 Å². The Bertz CT molecular complexity index is 348. The molecule has 0 aliphatic rings. The second kappa shape index (κ2) is 7.61. The molecule has 1 rings (SSSR count). The van der Waals surface area contributed by atoms with E-state index in [9.17, 15) is 0 Å². The van der Waals surface area contributed by atoms with Crippen LogP contribution < -0.4 is 5.32 Å². The summed E-state index contributed by atoms with van der Waals surface area (Å²) in [6.45, 7) is 12.3. The molecule has 0 aromatic carbocycles. The van der Waals surface area contributed by atoms with Gasteiger partial charge in [0.05, 0.1) is 0 Å². The average Bonchev–Trinajstić information content (AvgIpc) is 2.37. The monoisotopic (exact) mass is 263 g/mol. The summed E-state index contributed by atoms with van der Waals surface area (Å²) in [5.74, 6) is 0. The number of aromatic nitrogens is 1. The smallest absolute Gasteiger partial charge is 0.0270 e. The van der Waals surface area contributed by atoms with Gasteiger partial charge in [-0.1, -0.05) is 20.8 Å². The highest BCUT2D eigenvalue weighted by atomic mass is 15.1. The molecule has 19 heavy (non-hydrogen) atoms.